The van der Waals surface area contributed by atoms with Crippen LogP contribution in [0.4, 0.5) is 13.2 Å². The van der Waals surface area contributed by atoms with Gasteiger partial charge in [-0.25, -0.2) is 13.2 Å². The molecule has 0 amide bonds. The fourth-order valence-corrected chi connectivity index (χ4v) is 1.12. The molecule has 1 aliphatic rings. The minimum Gasteiger partial charge on any atom is -0.242 e. The van der Waals surface area contributed by atoms with Gasteiger partial charge in [0.05, 0.1) is 0 Å². The van der Waals surface area contributed by atoms with Crippen LogP contribution in [0.2, 0.25) is 0 Å². The largest absolute Gasteiger partial charge is 0.242 e. The van der Waals surface area contributed by atoms with E-state index in [1.807, 2.05) is 0 Å². The Morgan fingerprint density at radius 2 is 2.18 bits per heavy atom. The highest BCUT2D eigenvalue weighted by Gasteiger charge is 2.22. The van der Waals surface area contributed by atoms with E-state index in [0.717, 1.165) is 6.08 Å². The molecule has 0 nitrogen and oxygen atoms in total. The van der Waals surface area contributed by atoms with Crippen molar-refractivity contribution in [1.29, 1.82) is 0 Å². The molecule has 0 heterocycles. The third-order valence-corrected chi connectivity index (χ3v) is 1.72. The average Bonchev–Trinajstić information content (AvgIpc) is 1.85. The quantitative estimate of drug-likeness (QED) is 0.555. The van der Waals surface area contributed by atoms with Crippen molar-refractivity contribution in [2.24, 2.45) is 0 Å². The molecule has 3 heteroatoms. The second-order valence-electron chi connectivity index (χ2n) is 2.49. The first-order chi connectivity index (χ1) is 5.15. The lowest BCUT2D eigenvalue weighted by Crippen LogP contribution is -2.09. The summed E-state index contributed by atoms with van der Waals surface area (Å²) in [5, 5.41) is 0. The standard InChI is InChI=1S/C8H9F3/c1-2-6-7(10)3-5(9)4-8(6)11/h3,8H,2,4H2,1H3. The van der Waals surface area contributed by atoms with Gasteiger partial charge in [-0.15, -0.1) is 0 Å². The molecule has 1 rings (SSSR count). The van der Waals surface area contributed by atoms with Crippen LogP contribution < -0.4 is 0 Å². The van der Waals surface area contributed by atoms with Gasteiger partial charge in [0.15, 0.2) is 0 Å². The molecular weight excluding hydrogens is 153 g/mol. The fraction of sp³-hybridized carbons (Fsp3) is 0.500. The average molecular weight is 162 g/mol. The van der Waals surface area contributed by atoms with E-state index >= 15 is 0 Å². The Kier molecular flexibility index (Phi) is 2.37. The van der Waals surface area contributed by atoms with Crippen molar-refractivity contribution in [2.45, 2.75) is 25.9 Å². The molecular formula is C8H9F3. The molecule has 0 spiro atoms. The van der Waals surface area contributed by atoms with Crippen LogP contribution in [0.1, 0.15) is 19.8 Å². The van der Waals surface area contributed by atoms with Crippen molar-refractivity contribution in [3.05, 3.63) is 23.3 Å². The van der Waals surface area contributed by atoms with Crippen LogP contribution in [-0.4, -0.2) is 6.17 Å². The Bertz CT molecular complexity index is 215. The summed E-state index contributed by atoms with van der Waals surface area (Å²) < 4.78 is 37.8. The van der Waals surface area contributed by atoms with Crippen LogP contribution in [0.3, 0.4) is 0 Å². The summed E-state index contributed by atoms with van der Waals surface area (Å²) in [5.74, 6) is -1.46. The first-order valence-corrected chi connectivity index (χ1v) is 3.53. The second-order valence-corrected chi connectivity index (χ2v) is 2.49. The first-order valence-electron chi connectivity index (χ1n) is 3.53. The van der Waals surface area contributed by atoms with Gasteiger partial charge >= 0.3 is 0 Å². The Labute approximate surface area is 63.4 Å². The summed E-state index contributed by atoms with van der Waals surface area (Å²) in [6.45, 7) is 1.65. The lowest BCUT2D eigenvalue weighted by atomic mass is 9.99. The van der Waals surface area contributed by atoms with Crippen LogP contribution in [0.5, 0.6) is 0 Å². The van der Waals surface area contributed by atoms with Crippen LogP contribution in [-0.2, 0) is 0 Å². The van der Waals surface area contributed by atoms with Crippen LogP contribution >= 0.6 is 0 Å². The molecule has 1 aliphatic carbocycles. The summed E-state index contributed by atoms with van der Waals surface area (Å²) in [6.07, 6.45) is -0.715. The fourth-order valence-electron chi connectivity index (χ4n) is 1.12. The van der Waals surface area contributed by atoms with Gasteiger partial charge in [0.1, 0.15) is 17.8 Å². The van der Waals surface area contributed by atoms with Crippen LogP contribution in [0.15, 0.2) is 23.3 Å². The monoisotopic (exact) mass is 162 g/mol. The highest BCUT2D eigenvalue weighted by Crippen LogP contribution is 2.29. The molecule has 0 aromatic rings. The molecule has 11 heavy (non-hydrogen) atoms. The molecule has 62 valence electrons. The maximum Gasteiger partial charge on any atom is 0.130 e. The summed E-state index contributed by atoms with van der Waals surface area (Å²) >= 11 is 0. The summed E-state index contributed by atoms with van der Waals surface area (Å²) in [6, 6.07) is 0. The van der Waals surface area contributed by atoms with Crippen LogP contribution in [0.25, 0.3) is 0 Å². The van der Waals surface area contributed by atoms with Gasteiger partial charge in [-0.05, 0) is 12.0 Å². The highest BCUT2D eigenvalue weighted by atomic mass is 19.2. The molecule has 0 bridgehead atoms. The minimum atomic E-state index is -1.47. The smallest absolute Gasteiger partial charge is 0.130 e. The molecule has 1 unspecified atom stereocenters. The number of rotatable bonds is 1. The van der Waals surface area contributed by atoms with Gasteiger partial charge in [-0.1, -0.05) is 6.92 Å². The topological polar surface area (TPSA) is 0 Å². The van der Waals surface area contributed by atoms with E-state index < -0.39 is 17.8 Å². The SMILES string of the molecule is CCC1=C(F)C=C(F)CC1F. The van der Waals surface area contributed by atoms with Crippen molar-refractivity contribution in [3.63, 3.8) is 0 Å². The van der Waals surface area contributed by atoms with Gasteiger partial charge in [0, 0.05) is 12.5 Å². The maximum absolute atomic E-state index is 12.8. The second kappa shape index (κ2) is 3.11. The Morgan fingerprint density at radius 1 is 1.55 bits per heavy atom. The zero-order chi connectivity index (χ0) is 8.43. The lowest BCUT2D eigenvalue weighted by molar-refractivity contribution is 0.335. The van der Waals surface area contributed by atoms with E-state index in [2.05, 4.69) is 0 Å². The zero-order valence-corrected chi connectivity index (χ0v) is 6.20. The van der Waals surface area contributed by atoms with E-state index in [1.165, 1.54) is 0 Å². The number of allylic oxidation sites excluding steroid dienone is 4. The van der Waals surface area contributed by atoms with Gasteiger partial charge in [0.25, 0.3) is 0 Å². The summed E-state index contributed by atoms with van der Waals surface area (Å²) in [7, 11) is 0. The summed E-state index contributed by atoms with van der Waals surface area (Å²) in [5.41, 5.74) is 0.0754. The molecule has 0 saturated carbocycles. The van der Waals surface area contributed by atoms with E-state index in [1.54, 1.807) is 6.92 Å². The van der Waals surface area contributed by atoms with Crippen molar-refractivity contribution in [3.8, 4) is 0 Å². The highest BCUT2D eigenvalue weighted by molar-refractivity contribution is 5.29. The van der Waals surface area contributed by atoms with Crippen molar-refractivity contribution in [1.82, 2.24) is 0 Å². The van der Waals surface area contributed by atoms with Gasteiger partial charge in [-0.2, -0.15) is 0 Å². The maximum atomic E-state index is 12.8. The molecule has 0 radical (unpaired) electrons. The molecule has 0 aromatic carbocycles. The van der Waals surface area contributed by atoms with Crippen LogP contribution in [0, 0.1) is 0 Å². The lowest BCUT2D eigenvalue weighted by Gasteiger charge is -2.14. The van der Waals surface area contributed by atoms with Gasteiger partial charge < -0.3 is 0 Å². The van der Waals surface area contributed by atoms with E-state index in [0.29, 0.717) is 6.42 Å². The third kappa shape index (κ3) is 1.64. The van der Waals surface area contributed by atoms with Crippen molar-refractivity contribution >= 4 is 0 Å². The predicted octanol–water partition coefficient (Wildman–Crippen LogP) is 3.22. The van der Waals surface area contributed by atoms with E-state index in [9.17, 15) is 13.2 Å². The molecule has 0 saturated heterocycles. The van der Waals surface area contributed by atoms with Crippen molar-refractivity contribution < 1.29 is 13.2 Å². The Morgan fingerprint density at radius 3 is 2.64 bits per heavy atom. The molecule has 0 N–H and O–H groups in total. The molecule has 1 atom stereocenters. The predicted molar refractivity (Wildman–Crippen MR) is 37.1 cm³/mol. The number of hydrogen-bond donors (Lipinski definition) is 0. The van der Waals surface area contributed by atoms with Gasteiger partial charge in [-0.3, -0.25) is 0 Å². The number of alkyl halides is 1. The third-order valence-electron chi connectivity index (χ3n) is 1.72. The first kappa shape index (κ1) is 8.37. The van der Waals surface area contributed by atoms with Gasteiger partial charge in [0.2, 0.25) is 0 Å². The molecule has 0 aliphatic heterocycles. The Balaban J connectivity index is 2.92. The Hall–Kier alpha value is -0.730. The summed E-state index contributed by atoms with van der Waals surface area (Å²) in [4.78, 5) is 0. The number of halogens is 3. The molecule has 0 fully saturated rings. The normalized spacial score (nSPS) is 25.5. The van der Waals surface area contributed by atoms with E-state index in [-0.39, 0.29) is 12.0 Å². The van der Waals surface area contributed by atoms with Crippen molar-refractivity contribution in [2.75, 3.05) is 0 Å². The number of hydrogen-bond acceptors (Lipinski definition) is 0. The zero-order valence-electron chi connectivity index (χ0n) is 6.20. The van der Waals surface area contributed by atoms with E-state index in [4.69, 9.17) is 0 Å². The minimum absolute atomic E-state index is 0.0754. The molecule has 0 aromatic heterocycles.